The minimum absolute atomic E-state index is 0.0785. The van der Waals surface area contributed by atoms with Gasteiger partial charge in [-0.1, -0.05) is 6.92 Å². The minimum Gasteiger partial charge on any atom is -0.370 e. The molecule has 5 heteroatoms. The molecule has 1 atom stereocenters. The highest BCUT2D eigenvalue weighted by atomic mass is 127. The number of ether oxygens (including phenoxy) is 1. The Morgan fingerprint density at radius 2 is 2.33 bits per heavy atom. The molecule has 1 unspecified atom stereocenters. The largest absolute Gasteiger partial charge is 0.370 e. The summed E-state index contributed by atoms with van der Waals surface area (Å²) in [5.41, 5.74) is 0. The topological polar surface area (TPSA) is 35.0 Å². The summed E-state index contributed by atoms with van der Waals surface area (Å²) >= 11 is 3.59. The van der Waals surface area contributed by atoms with E-state index in [0.29, 0.717) is 6.61 Å². The molecule has 0 N–H and O–H groups in total. The molecule has 0 saturated heterocycles. The molecule has 1 rings (SSSR count). The Bertz CT molecular complexity index is 241. The lowest BCUT2D eigenvalue weighted by atomic mass is 10.2. The van der Waals surface area contributed by atoms with E-state index in [2.05, 4.69) is 38.9 Å². The maximum Gasteiger partial charge on any atom is 0.174 e. The average molecular weight is 298 g/mol. The van der Waals surface area contributed by atoms with Crippen molar-refractivity contribution in [2.75, 3.05) is 6.61 Å². The predicted molar refractivity (Wildman–Crippen MR) is 57.3 cm³/mol. The third kappa shape index (κ3) is 2.63. The first-order valence-corrected chi connectivity index (χ1v) is 5.73. The zero-order chi connectivity index (χ0) is 8.97. The van der Waals surface area contributed by atoms with E-state index in [1.165, 1.54) is 11.5 Å². The van der Waals surface area contributed by atoms with Crippen LogP contribution in [-0.2, 0) is 4.74 Å². The van der Waals surface area contributed by atoms with Crippen LogP contribution >= 0.6 is 34.1 Å². The SMILES string of the molecule is CCOC(CC)c1nsc(I)n1. The van der Waals surface area contributed by atoms with Gasteiger partial charge in [0.25, 0.3) is 0 Å². The van der Waals surface area contributed by atoms with Gasteiger partial charge in [0.15, 0.2) is 8.84 Å². The van der Waals surface area contributed by atoms with Crippen LogP contribution < -0.4 is 0 Å². The predicted octanol–water partition coefficient (Wildman–Crippen LogP) is 2.63. The Morgan fingerprint density at radius 1 is 1.58 bits per heavy atom. The summed E-state index contributed by atoms with van der Waals surface area (Å²) in [5.74, 6) is 0.828. The molecule has 0 aliphatic carbocycles. The van der Waals surface area contributed by atoms with Gasteiger partial charge in [-0.3, -0.25) is 0 Å². The highest BCUT2D eigenvalue weighted by molar-refractivity contribution is 14.1. The second-order valence-electron chi connectivity index (χ2n) is 2.26. The molecular formula is C7H11IN2OS. The van der Waals surface area contributed by atoms with Crippen molar-refractivity contribution >= 4 is 34.1 Å². The number of aromatic nitrogens is 2. The Hall–Kier alpha value is 0.250. The summed E-state index contributed by atoms with van der Waals surface area (Å²) in [6.45, 7) is 4.78. The van der Waals surface area contributed by atoms with Crippen LogP contribution in [0.2, 0.25) is 0 Å². The van der Waals surface area contributed by atoms with E-state index in [4.69, 9.17) is 4.74 Å². The molecule has 1 heterocycles. The molecule has 0 aliphatic heterocycles. The van der Waals surface area contributed by atoms with Crippen molar-refractivity contribution in [2.45, 2.75) is 26.4 Å². The molecule has 0 bridgehead atoms. The van der Waals surface area contributed by atoms with Crippen LogP contribution in [0.5, 0.6) is 0 Å². The van der Waals surface area contributed by atoms with E-state index in [-0.39, 0.29) is 6.10 Å². The second kappa shape index (κ2) is 5.08. The lowest BCUT2D eigenvalue weighted by Crippen LogP contribution is -2.04. The summed E-state index contributed by atoms with van der Waals surface area (Å²) in [7, 11) is 0. The maximum atomic E-state index is 5.47. The average Bonchev–Trinajstić information content (AvgIpc) is 2.47. The Labute approximate surface area is 89.9 Å². The van der Waals surface area contributed by atoms with Gasteiger partial charge in [-0.2, -0.15) is 4.37 Å². The molecule has 0 spiro atoms. The summed E-state index contributed by atoms with van der Waals surface area (Å²) in [4.78, 5) is 4.27. The highest BCUT2D eigenvalue weighted by Gasteiger charge is 2.13. The zero-order valence-electron chi connectivity index (χ0n) is 7.08. The van der Waals surface area contributed by atoms with Crippen LogP contribution in [-0.4, -0.2) is 16.0 Å². The molecule has 0 saturated carbocycles. The van der Waals surface area contributed by atoms with Crippen molar-refractivity contribution in [3.8, 4) is 0 Å². The first kappa shape index (κ1) is 10.3. The van der Waals surface area contributed by atoms with Crippen molar-refractivity contribution in [1.82, 2.24) is 9.36 Å². The van der Waals surface area contributed by atoms with Crippen molar-refractivity contribution in [1.29, 1.82) is 0 Å². The van der Waals surface area contributed by atoms with Crippen molar-refractivity contribution in [2.24, 2.45) is 0 Å². The first-order valence-electron chi connectivity index (χ1n) is 3.88. The zero-order valence-corrected chi connectivity index (χ0v) is 10.1. The molecule has 0 aromatic carbocycles. The summed E-state index contributed by atoms with van der Waals surface area (Å²) in [6.07, 6.45) is 1.01. The summed E-state index contributed by atoms with van der Waals surface area (Å²) in [6, 6.07) is 0. The number of hydrogen-bond donors (Lipinski definition) is 0. The molecular weight excluding hydrogens is 287 g/mol. The Kier molecular flexibility index (Phi) is 4.38. The monoisotopic (exact) mass is 298 g/mol. The maximum absolute atomic E-state index is 5.47. The first-order chi connectivity index (χ1) is 5.77. The van der Waals surface area contributed by atoms with E-state index in [0.717, 1.165) is 15.3 Å². The minimum atomic E-state index is 0.0785. The lowest BCUT2D eigenvalue weighted by Gasteiger charge is -2.09. The van der Waals surface area contributed by atoms with E-state index in [1.807, 2.05) is 6.92 Å². The van der Waals surface area contributed by atoms with Crippen LogP contribution in [0.4, 0.5) is 0 Å². The molecule has 0 amide bonds. The van der Waals surface area contributed by atoms with Gasteiger partial charge < -0.3 is 4.74 Å². The summed E-state index contributed by atoms with van der Waals surface area (Å²) < 4.78 is 10.6. The second-order valence-corrected chi connectivity index (χ2v) is 4.76. The van der Waals surface area contributed by atoms with Gasteiger partial charge in [0.2, 0.25) is 0 Å². The smallest absolute Gasteiger partial charge is 0.174 e. The third-order valence-electron chi connectivity index (χ3n) is 1.44. The highest BCUT2D eigenvalue weighted by Crippen LogP contribution is 2.20. The van der Waals surface area contributed by atoms with Gasteiger partial charge >= 0.3 is 0 Å². The number of halogens is 1. The van der Waals surface area contributed by atoms with Gasteiger partial charge in [0, 0.05) is 6.61 Å². The molecule has 3 nitrogen and oxygen atoms in total. The number of hydrogen-bond acceptors (Lipinski definition) is 4. The van der Waals surface area contributed by atoms with Gasteiger partial charge in [-0.15, -0.1) is 0 Å². The summed E-state index contributed by atoms with van der Waals surface area (Å²) in [5, 5.41) is 0. The van der Waals surface area contributed by atoms with Crippen LogP contribution in [0.3, 0.4) is 0 Å². The van der Waals surface area contributed by atoms with Gasteiger partial charge in [0.1, 0.15) is 6.10 Å². The van der Waals surface area contributed by atoms with Crippen LogP contribution in [0.15, 0.2) is 0 Å². The van der Waals surface area contributed by atoms with E-state index >= 15 is 0 Å². The molecule has 0 aliphatic rings. The van der Waals surface area contributed by atoms with Crippen molar-refractivity contribution < 1.29 is 4.74 Å². The molecule has 68 valence electrons. The van der Waals surface area contributed by atoms with Crippen LogP contribution in [0.25, 0.3) is 0 Å². The van der Waals surface area contributed by atoms with Gasteiger partial charge in [-0.25, -0.2) is 4.98 Å². The normalized spacial score (nSPS) is 13.2. The van der Waals surface area contributed by atoms with Crippen molar-refractivity contribution in [3.63, 3.8) is 0 Å². The molecule has 1 aromatic rings. The van der Waals surface area contributed by atoms with Crippen LogP contribution in [0.1, 0.15) is 32.2 Å². The molecule has 0 radical (unpaired) electrons. The fraction of sp³-hybridized carbons (Fsp3) is 0.714. The lowest BCUT2D eigenvalue weighted by molar-refractivity contribution is 0.0543. The molecule has 1 aromatic heterocycles. The Morgan fingerprint density at radius 3 is 2.75 bits per heavy atom. The fourth-order valence-corrected chi connectivity index (χ4v) is 1.93. The van der Waals surface area contributed by atoms with Gasteiger partial charge in [-0.05, 0) is 47.5 Å². The van der Waals surface area contributed by atoms with E-state index < -0.39 is 0 Å². The fourth-order valence-electron chi connectivity index (χ4n) is 0.922. The number of rotatable bonds is 4. The van der Waals surface area contributed by atoms with E-state index in [9.17, 15) is 0 Å². The molecule has 12 heavy (non-hydrogen) atoms. The van der Waals surface area contributed by atoms with Crippen molar-refractivity contribution in [3.05, 3.63) is 8.84 Å². The quantitative estimate of drug-likeness (QED) is 0.802. The van der Waals surface area contributed by atoms with E-state index in [1.54, 1.807) is 0 Å². The number of nitrogens with zero attached hydrogens (tertiary/aromatic N) is 2. The molecule has 0 fully saturated rings. The third-order valence-corrected chi connectivity index (χ3v) is 2.80. The van der Waals surface area contributed by atoms with Gasteiger partial charge in [0.05, 0.1) is 0 Å². The van der Waals surface area contributed by atoms with Crippen LogP contribution in [0, 0.1) is 3.01 Å². The Balaban J connectivity index is 2.66. The standard InChI is InChI=1S/C7H11IN2OS/c1-3-5(11-4-2)6-9-7(8)12-10-6/h5H,3-4H2,1-2H3.